The van der Waals surface area contributed by atoms with E-state index < -0.39 is 0 Å². The van der Waals surface area contributed by atoms with Crippen molar-refractivity contribution in [2.45, 2.75) is 30.9 Å². The van der Waals surface area contributed by atoms with E-state index in [2.05, 4.69) is 9.89 Å². The lowest BCUT2D eigenvalue weighted by molar-refractivity contribution is -0.140. The van der Waals surface area contributed by atoms with Crippen LogP contribution in [-0.4, -0.2) is 42.6 Å². The quantitative estimate of drug-likeness (QED) is 0.556. The number of carbonyl (C=O) groups excluding carboxylic acids is 2. The number of rotatable bonds is 7. The second kappa shape index (κ2) is 8.71. The maximum atomic E-state index is 12.7. The first kappa shape index (κ1) is 19.1. The zero-order chi connectivity index (χ0) is 18.4. The van der Waals surface area contributed by atoms with Gasteiger partial charge in [-0.1, -0.05) is 17.3 Å². The third-order valence-corrected chi connectivity index (χ3v) is 5.00. The number of aromatic nitrogens is 1. The fraction of sp³-hybridized carbons (Fsp3) is 0.389. The van der Waals surface area contributed by atoms with Gasteiger partial charge in [0.05, 0.1) is 24.8 Å². The highest BCUT2D eigenvalue weighted by atomic mass is 32.2. The summed E-state index contributed by atoms with van der Waals surface area (Å²) >= 11 is 1.57. The van der Waals surface area contributed by atoms with Gasteiger partial charge in [-0.3, -0.25) is 9.59 Å². The zero-order valence-corrected chi connectivity index (χ0v) is 15.7. The van der Waals surface area contributed by atoms with Crippen LogP contribution in [0.25, 0.3) is 0 Å². The summed E-state index contributed by atoms with van der Waals surface area (Å²) in [5.41, 5.74) is 2.53. The second-order valence-corrected chi connectivity index (χ2v) is 6.66. The van der Waals surface area contributed by atoms with Crippen LogP contribution in [0.5, 0.6) is 0 Å². The number of esters is 1. The molecule has 1 aromatic heterocycles. The Morgan fingerprint density at radius 2 is 2.00 bits per heavy atom. The molecule has 0 N–H and O–H groups in total. The Morgan fingerprint density at radius 3 is 2.64 bits per heavy atom. The molecular formula is C18H22N2O4S. The maximum Gasteiger partial charge on any atom is 0.307 e. The fourth-order valence-electron chi connectivity index (χ4n) is 2.30. The lowest BCUT2D eigenvalue weighted by Crippen LogP contribution is -2.29. The van der Waals surface area contributed by atoms with Gasteiger partial charge in [0.15, 0.2) is 0 Å². The van der Waals surface area contributed by atoms with Gasteiger partial charge in [-0.2, -0.15) is 0 Å². The van der Waals surface area contributed by atoms with Crippen molar-refractivity contribution in [1.82, 2.24) is 10.1 Å². The van der Waals surface area contributed by atoms with E-state index in [1.54, 1.807) is 24.9 Å². The second-order valence-electron chi connectivity index (χ2n) is 5.64. The Kier molecular flexibility index (Phi) is 6.64. The molecule has 0 spiro atoms. The van der Waals surface area contributed by atoms with Crippen molar-refractivity contribution in [2.24, 2.45) is 0 Å². The van der Waals surface area contributed by atoms with Gasteiger partial charge in [0.1, 0.15) is 5.76 Å². The molecule has 0 bridgehead atoms. The average molecular weight is 362 g/mol. The molecule has 0 saturated carbocycles. The number of aryl methyl sites for hydroxylation is 2. The van der Waals surface area contributed by atoms with E-state index >= 15 is 0 Å². The first-order chi connectivity index (χ1) is 11.9. The Hall–Kier alpha value is -2.28. The van der Waals surface area contributed by atoms with Crippen LogP contribution in [0.1, 0.15) is 33.8 Å². The highest BCUT2D eigenvalue weighted by molar-refractivity contribution is 7.98. The highest BCUT2D eigenvalue weighted by Gasteiger charge is 2.18. The van der Waals surface area contributed by atoms with Crippen molar-refractivity contribution in [3.05, 3.63) is 46.8 Å². The molecule has 0 saturated heterocycles. The highest BCUT2D eigenvalue weighted by Crippen LogP contribution is 2.29. The van der Waals surface area contributed by atoms with Crippen molar-refractivity contribution >= 4 is 23.6 Å². The Balaban J connectivity index is 2.09. The summed E-state index contributed by atoms with van der Waals surface area (Å²) in [6, 6.07) is 7.46. The van der Waals surface area contributed by atoms with E-state index in [1.165, 1.54) is 12.0 Å². The van der Waals surface area contributed by atoms with E-state index in [1.807, 2.05) is 32.0 Å². The number of thioether (sulfide) groups is 1. The van der Waals surface area contributed by atoms with Gasteiger partial charge in [0, 0.05) is 29.8 Å². The van der Waals surface area contributed by atoms with Crippen molar-refractivity contribution in [3.8, 4) is 0 Å². The normalized spacial score (nSPS) is 10.6. The number of benzene rings is 1. The minimum Gasteiger partial charge on any atom is -0.469 e. The van der Waals surface area contributed by atoms with Crippen LogP contribution >= 0.6 is 11.8 Å². The molecule has 2 rings (SSSR count). The van der Waals surface area contributed by atoms with E-state index in [0.717, 1.165) is 21.9 Å². The molecule has 6 nitrogen and oxygen atoms in total. The standard InChI is InChI=1S/C18H22N2O4S/c1-12-15(13(2)24-19-12)11-25-16-8-6-5-7-14(16)18(22)20(3)10-9-17(21)23-4/h5-8H,9-11H2,1-4H3. The number of ether oxygens (including phenoxy) is 1. The molecule has 0 aliphatic carbocycles. The van der Waals surface area contributed by atoms with Gasteiger partial charge < -0.3 is 14.2 Å². The lowest BCUT2D eigenvalue weighted by Gasteiger charge is -2.18. The maximum absolute atomic E-state index is 12.7. The van der Waals surface area contributed by atoms with E-state index in [9.17, 15) is 9.59 Å². The minimum absolute atomic E-state index is 0.120. The molecule has 1 heterocycles. The van der Waals surface area contributed by atoms with Gasteiger partial charge in [-0.05, 0) is 26.0 Å². The molecule has 0 aliphatic rings. The monoisotopic (exact) mass is 362 g/mol. The molecule has 0 aliphatic heterocycles. The van der Waals surface area contributed by atoms with E-state index in [4.69, 9.17) is 4.52 Å². The van der Waals surface area contributed by atoms with Crippen molar-refractivity contribution in [3.63, 3.8) is 0 Å². The summed E-state index contributed by atoms with van der Waals surface area (Å²) in [7, 11) is 3.02. The molecular weight excluding hydrogens is 340 g/mol. The zero-order valence-electron chi connectivity index (χ0n) is 14.9. The molecule has 134 valence electrons. The summed E-state index contributed by atoms with van der Waals surface area (Å²) in [5.74, 6) is 1.02. The molecule has 2 aromatic rings. The summed E-state index contributed by atoms with van der Waals surface area (Å²) < 4.78 is 9.80. The fourth-order valence-corrected chi connectivity index (χ4v) is 3.49. The predicted molar refractivity (Wildman–Crippen MR) is 95.6 cm³/mol. The first-order valence-corrected chi connectivity index (χ1v) is 8.88. The third kappa shape index (κ3) is 4.85. The third-order valence-electron chi connectivity index (χ3n) is 3.90. The van der Waals surface area contributed by atoms with Crippen molar-refractivity contribution in [2.75, 3.05) is 20.7 Å². The lowest BCUT2D eigenvalue weighted by atomic mass is 10.2. The van der Waals surface area contributed by atoms with E-state index in [0.29, 0.717) is 17.9 Å². The van der Waals surface area contributed by atoms with Crippen LogP contribution in [-0.2, 0) is 15.3 Å². The molecule has 1 amide bonds. The van der Waals surface area contributed by atoms with Gasteiger partial charge in [0.25, 0.3) is 5.91 Å². The summed E-state index contributed by atoms with van der Waals surface area (Å²) in [6.45, 7) is 4.10. The Bertz CT molecular complexity index is 738. The molecule has 7 heteroatoms. The molecule has 1 aromatic carbocycles. The van der Waals surface area contributed by atoms with Crippen molar-refractivity contribution < 1.29 is 18.8 Å². The Morgan fingerprint density at radius 1 is 1.28 bits per heavy atom. The van der Waals surface area contributed by atoms with E-state index in [-0.39, 0.29) is 18.3 Å². The minimum atomic E-state index is -0.333. The number of carbonyl (C=O) groups is 2. The Labute approximate surface area is 151 Å². The molecule has 0 radical (unpaired) electrons. The molecule has 0 fully saturated rings. The van der Waals surface area contributed by atoms with Crippen molar-refractivity contribution in [1.29, 1.82) is 0 Å². The number of hydrogen-bond acceptors (Lipinski definition) is 6. The number of nitrogens with zero attached hydrogens (tertiary/aromatic N) is 2. The smallest absolute Gasteiger partial charge is 0.307 e. The van der Waals surface area contributed by atoms with Crippen LogP contribution < -0.4 is 0 Å². The summed E-state index contributed by atoms with van der Waals surface area (Å²) in [4.78, 5) is 26.4. The van der Waals surface area contributed by atoms with Gasteiger partial charge in [-0.15, -0.1) is 11.8 Å². The predicted octanol–water partition coefficient (Wildman–Crippen LogP) is 3.22. The summed E-state index contributed by atoms with van der Waals surface area (Å²) in [5, 5.41) is 3.96. The molecule has 25 heavy (non-hydrogen) atoms. The SMILES string of the molecule is COC(=O)CCN(C)C(=O)c1ccccc1SCc1c(C)noc1C. The first-order valence-electron chi connectivity index (χ1n) is 7.90. The van der Waals surface area contributed by atoms with Crippen LogP contribution in [0.2, 0.25) is 0 Å². The number of methoxy groups -OCH3 is 1. The van der Waals surface area contributed by atoms with Crippen LogP contribution in [0.4, 0.5) is 0 Å². The van der Waals surface area contributed by atoms with Gasteiger partial charge >= 0.3 is 5.97 Å². The number of amides is 1. The van der Waals surface area contributed by atoms with Crippen LogP contribution in [0.15, 0.2) is 33.7 Å². The van der Waals surface area contributed by atoms with Gasteiger partial charge in [-0.25, -0.2) is 0 Å². The molecule has 0 atom stereocenters. The average Bonchev–Trinajstić information content (AvgIpc) is 2.95. The largest absolute Gasteiger partial charge is 0.469 e. The van der Waals surface area contributed by atoms with Gasteiger partial charge in [0.2, 0.25) is 0 Å². The summed E-state index contributed by atoms with van der Waals surface area (Å²) in [6.07, 6.45) is 0.174. The number of hydrogen-bond donors (Lipinski definition) is 0. The molecule has 0 unspecified atom stereocenters. The van der Waals surface area contributed by atoms with Crippen LogP contribution in [0, 0.1) is 13.8 Å². The van der Waals surface area contributed by atoms with Crippen LogP contribution in [0.3, 0.4) is 0 Å². The topological polar surface area (TPSA) is 72.6 Å².